The van der Waals surface area contributed by atoms with Crippen molar-refractivity contribution in [3.63, 3.8) is 0 Å². The van der Waals surface area contributed by atoms with Gasteiger partial charge in [0, 0.05) is 5.69 Å². The number of carbonyl (C=O) groups excluding carboxylic acids is 1. The first-order valence-electron chi connectivity index (χ1n) is 8.07. The van der Waals surface area contributed by atoms with Gasteiger partial charge in [-0.3, -0.25) is 4.79 Å². The molecule has 3 aromatic rings. The highest BCUT2D eigenvalue weighted by Crippen LogP contribution is 2.35. The van der Waals surface area contributed by atoms with E-state index in [1.165, 1.54) is 42.6 Å². The minimum atomic E-state index is -4.49. The molecule has 0 saturated carbocycles. The highest BCUT2D eigenvalue weighted by molar-refractivity contribution is 6.03. The van der Waals surface area contributed by atoms with Crippen LogP contribution in [0, 0.1) is 11.3 Å². The van der Waals surface area contributed by atoms with Gasteiger partial charge in [0.2, 0.25) is 0 Å². The minimum Gasteiger partial charge on any atom is -0.354 e. The van der Waals surface area contributed by atoms with Crippen molar-refractivity contribution in [2.45, 2.75) is 6.18 Å². The minimum absolute atomic E-state index is 0.0806. The van der Waals surface area contributed by atoms with Gasteiger partial charge in [-0.1, -0.05) is 18.2 Å². The summed E-state index contributed by atoms with van der Waals surface area (Å²) in [7, 11) is 0. The highest BCUT2D eigenvalue weighted by atomic mass is 19.4. The quantitative estimate of drug-likeness (QED) is 0.668. The SMILES string of the molecule is N#Cc1cccc(NC(=O)c2ccc(Nc3ccccc3C(F)(F)F)cn2)c1. The van der Waals surface area contributed by atoms with Crippen molar-refractivity contribution in [1.82, 2.24) is 4.98 Å². The fourth-order valence-corrected chi connectivity index (χ4v) is 2.46. The van der Waals surface area contributed by atoms with E-state index in [1.54, 1.807) is 18.2 Å². The van der Waals surface area contributed by atoms with Crippen LogP contribution in [-0.4, -0.2) is 10.9 Å². The molecule has 0 aliphatic heterocycles. The summed E-state index contributed by atoms with van der Waals surface area (Å²) >= 11 is 0. The number of benzene rings is 2. The number of para-hydroxylation sites is 1. The van der Waals surface area contributed by atoms with Gasteiger partial charge < -0.3 is 10.6 Å². The zero-order valence-electron chi connectivity index (χ0n) is 14.3. The first kappa shape index (κ1) is 18.9. The molecular weight excluding hydrogens is 369 g/mol. The van der Waals surface area contributed by atoms with Gasteiger partial charge in [-0.05, 0) is 42.5 Å². The van der Waals surface area contributed by atoms with Crippen molar-refractivity contribution in [3.8, 4) is 6.07 Å². The standard InChI is InChI=1S/C20H13F3N4O/c21-20(22,23)16-6-1-2-7-17(16)26-15-8-9-18(25-12-15)19(28)27-14-5-3-4-13(10-14)11-24/h1-10,12,26H,(H,27,28). The normalized spacial score (nSPS) is 10.8. The van der Waals surface area contributed by atoms with Crippen LogP contribution < -0.4 is 10.6 Å². The fourth-order valence-electron chi connectivity index (χ4n) is 2.46. The average Bonchev–Trinajstić information content (AvgIpc) is 2.68. The number of pyridine rings is 1. The van der Waals surface area contributed by atoms with Gasteiger partial charge >= 0.3 is 6.18 Å². The number of rotatable bonds is 4. The van der Waals surface area contributed by atoms with Crippen molar-refractivity contribution in [2.75, 3.05) is 10.6 Å². The summed E-state index contributed by atoms with van der Waals surface area (Å²) in [6.45, 7) is 0. The highest BCUT2D eigenvalue weighted by Gasteiger charge is 2.33. The zero-order valence-corrected chi connectivity index (χ0v) is 14.3. The van der Waals surface area contributed by atoms with E-state index in [9.17, 15) is 18.0 Å². The van der Waals surface area contributed by atoms with Crippen molar-refractivity contribution in [1.29, 1.82) is 5.26 Å². The Kier molecular flexibility index (Phi) is 5.27. The van der Waals surface area contributed by atoms with E-state index in [0.29, 0.717) is 16.9 Å². The molecule has 1 aromatic heterocycles. The number of anilines is 3. The first-order chi connectivity index (χ1) is 13.4. The molecule has 0 spiro atoms. The maximum Gasteiger partial charge on any atom is 0.418 e. The van der Waals surface area contributed by atoms with Crippen LogP contribution in [-0.2, 0) is 6.18 Å². The van der Waals surface area contributed by atoms with E-state index in [0.717, 1.165) is 6.07 Å². The molecule has 0 atom stereocenters. The molecule has 1 heterocycles. The number of halogens is 3. The van der Waals surface area contributed by atoms with Gasteiger partial charge in [-0.25, -0.2) is 4.98 Å². The van der Waals surface area contributed by atoms with Crippen LogP contribution in [0.15, 0.2) is 66.9 Å². The Hall–Kier alpha value is -3.86. The van der Waals surface area contributed by atoms with E-state index < -0.39 is 17.6 Å². The third-order valence-electron chi connectivity index (χ3n) is 3.76. The monoisotopic (exact) mass is 382 g/mol. The largest absolute Gasteiger partial charge is 0.418 e. The number of amides is 1. The Morgan fingerprint density at radius 2 is 1.79 bits per heavy atom. The molecule has 0 saturated heterocycles. The molecular formula is C20H13F3N4O. The molecule has 3 rings (SSSR count). The number of alkyl halides is 3. The smallest absolute Gasteiger partial charge is 0.354 e. The summed E-state index contributed by atoms with van der Waals surface area (Å²) in [5, 5.41) is 14.2. The van der Waals surface area contributed by atoms with Crippen LogP contribution in [0.5, 0.6) is 0 Å². The molecule has 0 bridgehead atoms. The lowest BCUT2D eigenvalue weighted by atomic mass is 10.1. The number of nitriles is 1. The average molecular weight is 382 g/mol. The maximum atomic E-state index is 13.1. The van der Waals surface area contributed by atoms with Gasteiger partial charge in [0.1, 0.15) is 5.69 Å². The van der Waals surface area contributed by atoms with Crippen LogP contribution >= 0.6 is 0 Å². The Balaban J connectivity index is 1.74. The summed E-state index contributed by atoms with van der Waals surface area (Å²) in [5.41, 5.74) is 0.314. The Bertz CT molecular complexity index is 1040. The van der Waals surface area contributed by atoms with Crippen molar-refractivity contribution in [3.05, 3.63) is 83.7 Å². The second kappa shape index (κ2) is 7.80. The van der Waals surface area contributed by atoms with Crippen LogP contribution in [0.4, 0.5) is 30.2 Å². The molecule has 0 fully saturated rings. The van der Waals surface area contributed by atoms with Gasteiger partial charge in [0.25, 0.3) is 5.91 Å². The van der Waals surface area contributed by atoms with Crippen LogP contribution in [0.2, 0.25) is 0 Å². The van der Waals surface area contributed by atoms with Gasteiger partial charge in [0.15, 0.2) is 0 Å². The Labute approximate surface area is 158 Å². The molecule has 2 N–H and O–H groups in total. The fraction of sp³-hybridized carbons (Fsp3) is 0.0500. The molecule has 5 nitrogen and oxygen atoms in total. The number of nitrogens with zero attached hydrogens (tertiary/aromatic N) is 2. The van der Waals surface area contributed by atoms with Gasteiger partial charge in [-0.2, -0.15) is 18.4 Å². The lowest BCUT2D eigenvalue weighted by Gasteiger charge is -2.14. The summed E-state index contributed by atoms with van der Waals surface area (Å²) in [6.07, 6.45) is -3.22. The third kappa shape index (κ3) is 4.45. The zero-order chi connectivity index (χ0) is 20.1. The molecule has 28 heavy (non-hydrogen) atoms. The predicted molar refractivity (Wildman–Crippen MR) is 98.1 cm³/mol. The van der Waals surface area contributed by atoms with Crippen LogP contribution in [0.1, 0.15) is 21.6 Å². The molecule has 0 aliphatic carbocycles. The number of carbonyl (C=O) groups is 1. The second-order valence-corrected chi connectivity index (χ2v) is 5.75. The Morgan fingerprint density at radius 1 is 1.00 bits per heavy atom. The number of aromatic nitrogens is 1. The van der Waals surface area contributed by atoms with Crippen molar-refractivity contribution in [2.24, 2.45) is 0 Å². The second-order valence-electron chi connectivity index (χ2n) is 5.75. The number of hydrogen-bond donors (Lipinski definition) is 2. The molecule has 0 unspecified atom stereocenters. The van der Waals surface area contributed by atoms with E-state index in [2.05, 4.69) is 15.6 Å². The third-order valence-corrected chi connectivity index (χ3v) is 3.76. The van der Waals surface area contributed by atoms with E-state index in [-0.39, 0.29) is 11.4 Å². The summed E-state index contributed by atoms with van der Waals surface area (Å²) < 4.78 is 39.2. The molecule has 1 amide bonds. The lowest BCUT2D eigenvalue weighted by Crippen LogP contribution is -2.14. The molecule has 140 valence electrons. The first-order valence-corrected chi connectivity index (χ1v) is 8.07. The molecule has 0 radical (unpaired) electrons. The summed E-state index contributed by atoms with van der Waals surface area (Å²) in [4.78, 5) is 16.2. The van der Waals surface area contributed by atoms with E-state index in [1.807, 2.05) is 6.07 Å². The van der Waals surface area contributed by atoms with Crippen LogP contribution in [0.25, 0.3) is 0 Å². The van der Waals surface area contributed by atoms with Crippen molar-refractivity contribution < 1.29 is 18.0 Å². The van der Waals surface area contributed by atoms with Gasteiger partial charge in [-0.15, -0.1) is 0 Å². The summed E-state index contributed by atoms with van der Waals surface area (Å²) in [6, 6.07) is 16.3. The maximum absolute atomic E-state index is 13.1. The topological polar surface area (TPSA) is 77.8 Å². The predicted octanol–water partition coefficient (Wildman–Crippen LogP) is 4.97. The molecule has 2 aromatic carbocycles. The number of nitrogens with one attached hydrogen (secondary N) is 2. The Morgan fingerprint density at radius 3 is 2.46 bits per heavy atom. The lowest BCUT2D eigenvalue weighted by molar-refractivity contribution is -0.136. The van der Waals surface area contributed by atoms with Crippen LogP contribution in [0.3, 0.4) is 0 Å². The van der Waals surface area contributed by atoms with E-state index in [4.69, 9.17) is 5.26 Å². The number of hydrogen-bond acceptors (Lipinski definition) is 4. The molecule has 0 aliphatic rings. The van der Waals surface area contributed by atoms with E-state index >= 15 is 0 Å². The summed E-state index contributed by atoms with van der Waals surface area (Å²) in [5.74, 6) is -0.502. The van der Waals surface area contributed by atoms with Gasteiger partial charge in [0.05, 0.1) is 34.8 Å². The van der Waals surface area contributed by atoms with Crippen molar-refractivity contribution >= 4 is 23.0 Å². The molecule has 8 heteroatoms.